The molecule has 0 bridgehead atoms. The zero-order chi connectivity index (χ0) is 17.7. The van der Waals surface area contributed by atoms with Crippen molar-refractivity contribution in [1.82, 2.24) is 4.90 Å². The second kappa shape index (κ2) is 9.44. The maximum atomic E-state index is 12.6. The first-order chi connectivity index (χ1) is 11.5. The van der Waals surface area contributed by atoms with E-state index in [1.807, 2.05) is 18.4 Å². The molecule has 0 aromatic heterocycles. The Kier molecular flexibility index (Phi) is 7.93. The van der Waals surface area contributed by atoms with Crippen molar-refractivity contribution in [1.29, 1.82) is 0 Å². The van der Waals surface area contributed by atoms with Crippen LogP contribution in [0.1, 0.15) is 15.9 Å². The highest BCUT2D eigenvalue weighted by molar-refractivity contribution is 7.98. The Hall–Kier alpha value is -2.05. The van der Waals surface area contributed by atoms with E-state index in [0.29, 0.717) is 29.3 Å². The molecule has 0 unspecified atom stereocenters. The molecule has 5 nitrogen and oxygen atoms in total. The van der Waals surface area contributed by atoms with Crippen LogP contribution in [0.2, 0.25) is 0 Å². The molecule has 2 rings (SSSR count). The molecule has 0 saturated heterocycles. The van der Waals surface area contributed by atoms with Crippen molar-refractivity contribution < 1.29 is 14.3 Å². The van der Waals surface area contributed by atoms with Crippen LogP contribution in [0.4, 0.5) is 5.69 Å². The molecule has 0 spiro atoms. The summed E-state index contributed by atoms with van der Waals surface area (Å²) in [7, 11) is 4.98. The largest absolute Gasteiger partial charge is 0.493 e. The van der Waals surface area contributed by atoms with Gasteiger partial charge in [0.15, 0.2) is 11.5 Å². The minimum absolute atomic E-state index is 0. The molecule has 0 heterocycles. The van der Waals surface area contributed by atoms with Crippen molar-refractivity contribution in [2.75, 3.05) is 33.3 Å². The van der Waals surface area contributed by atoms with Crippen molar-refractivity contribution in [3.63, 3.8) is 0 Å². The molecule has 25 heavy (non-hydrogen) atoms. The number of thioether (sulfide) groups is 1. The zero-order valence-corrected chi connectivity index (χ0v) is 16.4. The second-order valence-electron chi connectivity index (χ2n) is 5.31. The van der Waals surface area contributed by atoms with E-state index in [4.69, 9.17) is 15.2 Å². The van der Waals surface area contributed by atoms with E-state index in [1.165, 1.54) is 0 Å². The van der Waals surface area contributed by atoms with Gasteiger partial charge in [-0.2, -0.15) is 0 Å². The molecule has 7 heteroatoms. The number of halogens is 1. The van der Waals surface area contributed by atoms with Gasteiger partial charge in [0.2, 0.25) is 0 Å². The average Bonchev–Trinajstić information content (AvgIpc) is 2.60. The first-order valence-electron chi connectivity index (χ1n) is 7.40. The molecule has 0 aliphatic carbocycles. The van der Waals surface area contributed by atoms with Gasteiger partial charge < -0.3 is 20.1 Å². The van der Waals surface area contributed by atoms with Gasteiger partial charge >= 0.3 is 0 Å². The van der Waals surface area contributed by atoms with Gasteiger partial charge in [-0.1, -0.05) is 6.07 Å². The fraction of sp³-hybridized carbons (Fsp3) is 0.278. The fourth-order valence-corrected chi connectivity index (χ4v) is 3.05. The van der Waals surface area contributed by atoms with Gasteiger partial charge in [-0.15, -0.1) is 24.2 Å². The molecular weight excluding hydrogens is 360 g/mol. The molecule has 0 atom stereocenters. The summed E-state index contributed by atoms with van der Waals surface area (Å²) >= 11 is 1.60. The molecule has 2 N–H and O–H groups in total. The van der Waals surface area contributed by atoms with Crippen LogP contribution in [-0.2, 0) is 6.54 Å². The lowest BCUT2D eigenvalue weighted by atomic mass is 10.1. The number of carbonyl (C=O) groups excluding carboxylic acids is 1. The number of hydrogen-bond donors (Lipinski definition) is 1. The Bertz CT molecular complexity index is 740. The lowest BCUT2D eigenvalue weighted by Gasteiger charge is -2.20. The van der Waals surface area contributed by atoms with E-state index in [9.17, 15) is 4.79 Å². The Labute approximate surface area is 158 Å². The predicted octanol–water partition coefficient (Wildman–Crippen LogP) is 3.70. The normalized spacial score (nSPS) is 9.92. The summed E-state index contributed by atoms with van der Waals surface area (Å²) in [6.07, 6.45) is 1.99. The quantitative estimate of drug-likeness (QED) is 0.609. The standard InChI is InChI=1S/C18H22N2O3S.ClH/c1-20(18(21)12-6-5-7-14(19)8-12)11-13-9-15(22-2)16(23-3)10-17(13)24-4;/h5-10H,11,19H2,1-4H3;1H. The van der Waals surface area contributed by atoms with Gasteiger partial charge in [0.1, 0.15) is 0 Å². The molecular formula is C18H23ClN2O3S. The summed E-state index contributed by atoms with van der Waals surface area (Å²) < 4.78 is 10.7. The van der Waals surface area contributed by atoms with Crippen LogP contribution in [-0.4, -0.2) is 38.3 Å². The summed E-state index contributed by atoms with van der Waals surface area (Å²) in [5.74, 6) is 1.25. The Balaban J connectivity index is 0.00000312. The number of carbonyl (C=O) groups is 1. The molecule has 2 aromatic carbocycles. The van der Waals surface area contributed by atoms with Crippen molar-refractivity contribution in [3.05, 3.63) is 47.5 Å². The minimum atomic E-state index is -0.0795. The van der Waals surface area contributed by atoms with E-state index < -0.39 is 0 Å². The van der Waals surface area contributed by atoms with E-state index in [-0.39, 0.29) is 18.3 Å². The first-order valence-corrected chi connectivity index (χ1v) is 8.62. The van der Waals surface area contributed by atoms with Gasteiger partial charge in [-0.3, -0.25) is 4.79 Å². The number of hydrogen-bond acceptors (Lipinski definition) is 5. The number of rotatable bonds is 6. The molecule has 0 aliphatic rings. The van der Waals surface area contributed by atoms with Crippen molar-refractivity contribution in [2.45, 2.75) is 11.4 Å². The number of amides is 1. The molecule has 0 fully saturated rings. The second-order valence-corrected chi connectivity index (χ2v) is 6.15. The summed E-state index contributed by atoms with van der Waals surface area (Å²) in [6.45, 7) is 0.462. The molecule has 2 aromatic rings. The lowest BCUT2D eigenvalue weighted by molar-refractivity contribution is 0.0784. The van der Waals surface area contributed by atoms with Crippen molar-refractivity contribution in [2.24, 2.45) is 0 Å². The molecule has 0 aliphatic heterocycles. The summed E-state index contributed by atoms with van der Waals surface area (Å²) in [5, 5.41) is 0. The van der Waals surface area contributed by atoms with Gasteiger partial charge in [-0.05, 0) is 42.2 Å². The number of nitrogens with zero attached hydrogens (tertiary/aromatic N) is 1. The third kappa shape index (κ3) is 4.96. The monoisotopic (exact) mass is 382 g/mol. The smallest absolute Gasteiger partial charge is 0.253 e. The lowest BCUT2D eigenvalue weighted by Crippen LogP contribution is -2.26. The van der Waals surface area contributed by atoms with E-state index >= 15 is 0 Å². The Morgan fingerprint density at radius 3 is 2.36 bits per heavy atom. The molecule has 136 valence electrons. The van der Waals surface area contributed by atoms with Gasteiger partial charge in [-0.25, -0.2) is 0 Å². The van der Waals surface area contributed by atoms with Crippen molar-refractivity contribution >= 4 is 35.8 Å². The zero-order valence-electron chi connectivity index (χ0n) is 14.7. The van der Waals surface area contributed by atoms with E-state index in [1.54, 1.807) is 62.2 Å². The first kappa shape index (κ1) is 21.0. The number of methoxy groups -OCH3 is 2. The maximum absolute atomic E-state index is 12.6. The maximum Gasteiger partial charge on any atom is 0.253 e. The van der Waals surface area contributed by atoms with Crippen LogP contribution < -0.4 is 15.2 Å². The third-order valence-electron chi connectivity index (χ3n) is 3.67. The van der Waals surface area contributed by atoms with E-state index in [0.717, 1.165) is 10.5 Å². The fourth-order valence-electron chi connectivity index (χ4n) is 2.44. The van der Waals surface area contributed by atoms with Crippen LogP contribution in [0.5, 0.6) is 11.5 Å². The molecule has 1 amide bonds. The highest BCUT2D eigenvalue weighted by Crippen LogP contribution is 2.35. The van der Waals surface area contributed by atoms with Gasteiger partial charge in [0.05, 0.1) is 14.2 Å². The van der Waals surface area contributed by atoms with Crippen LogP contribution >= 0.6 is 24.2 Å². The Morgan fingerprint density at radius 1 is 1.16 bits per heavy atom. The van der Waals surface area contributed by atoms with Crippen LogP contribution in [0.15, 0.2) is 41.3 Å². The van der Waals surface area contributed by atoms with Gasteiger partial charge in [0.25, 0.3) is 5.91 Å². The highest BCUT2D eigenvalue weighted by atomic mass is 35.5. The van der Waals surface area contributed by atoms with Gasteiger partial charge in [0, 0.05) is 29.7 Å². The third-order valence-corrected chi connectivity index (χ3v) is 4.49. The predicted molar refractivity (Wildman–Crippen MR) is 105 cm³/mol. The summed E-state index contributed by atoms with van der Waals surface area (Å²) in [6, 6.07) is 10.8. The number of nitrogen functional groups attached to an aromatic ring is 1. The number of nitrogens with two attached hydrogens (primary N) is 1. The highest BCUT2D eigenvalue weighted by Gasteiger charge is 2.16. The topological polar surface area (TPSA) is 64.8 Å². The van der Waals surface area contributed by atoms with Crippen LogP contribution in [0.3, 0.4) is 0 Å². The number of ether oxygens (including phenoxy) is 2. The average molecular weight is 383 g/mol. The van der Waals surface area contributed by atoms with Crippen LogP contribution in [0, 0.1) is 0 Å². The minimum Gasteiger partial charge on any atom is -0.493 e. The summed E-state index contributed by atoms with van der Waals surface area (Å²) in [4.78, 5) is 15.3. The number of anilines is 1. The number of benzene rings is 2. The Morgan fingerprint density at radius 2 is 1.80 bits per heavy atom. The molecule has 0 radical (unpaired) electrons. The summed E-state index contributed by atoms with van der Waals surface area (Å²) in [5.41, 5.74) is 7.91. The van der Waals surface area contributed by atoms with E-state index in [2.05, 4.69) is 0 Å². The van der Waals surface area contributed by atoms with Crippen molar-refractivity contribution in [3.8, 4) is 11.5 Å². The SMILES string of the molecule is COc1cc(CN(C)C(=O)c2cccc(N)c2)c(SC)cc1OC.Cl. The van der Waals surface area contributed by atoms with Crippen LogP contribution in [0.25, 0.3) is 0 Å². The molecule has 0 saturated carbocycles.